The highest BCUT2D eigenvalue weighted by Crippen LogP contribution is 2.15. The molecule has 1 amide bonds. The van der Waals surface area contributed by atoms with Crippen LogP contribution < -0.4 is 10.9 Å². The molecule has 0 saturated heterocycles. The number of nitrogens with one attached hydrogen (secondary N) is 2. The van der Waals surface area contributed by atoms with E-state index in [4.69, 9.17) is 23.2 Å². The van der Waals surface area contributed by atoms with Crippen molar-refractivity contribution in [1.82, 2.24) is 10.3 Å². The first-order valence-electron chi connectivity index (χ1n) is 5.20. The average Bonchev–Trinajstić information content (AvgIpc) is 2.36. The summed E-state index contributed by atoms with van der Waals surface area (Å²) in [4.78, 5) is 25.4. The number of hydrogen-bond acceptors (Lipinski definition) is 2. The summed E-state index contributed by atoms with van der Waals surface area (Å²) in [6.07, 6.45) is 0.614. The fraction of sp³-hybridized carbons (Fsp3) is 0.455. The molecule has 1 aromatic heterocycles. The predicted octanol–water partition coefficient (Wildman–Crippen LogP) is 1.73. The first-order chi connectivity index (χ1) is 8.06. The Labute approximate surface area is 109 Å². The number of aromatic nitrogens is 1. The lowest BCUT2D eigenvalue weighted by Crippen LogP contribution is -2.51. The van der Waals surface area contributed by atoms with Gasteiger partial charge in [-0.3, -0.25) is 9.59 Å². The molecular formula is C11H14Cl2N2O2. The van der Waals surface area contributed by atoms with Crippen molar-refractivity contribution in [2.75, 3.05) is 11.8 Å². The minimum absolute atomic E-state index is 0.200. The SMILES string of the molecule is CCC(CCl)(CCl)NC(=O)c1cccc(=O)[nH]1. The van der Waals surface area contributed by atoms with Crippen LogP contribution in [0.3, 0.4) is 0 Å². The average molecular weight is 277 g/mol. The van der Waals surface area contributed by atoms with E-state index in [-0.39, 0.29) is 28.9 Å². The van der Waals surface area contributed by atoms with Gasteiger partial charge in [-0.2, -0.15) is 0 Å². The van der Waals surface area contributed by atoms with Gasteiger partial charge >= 0.3 is 0 Å². The Morgan fingerprint density at radius 2 is 2.06 bits per heavy atom. The second-order valence-corrected chi connectivity index (χ2v) is 4.32. The first kappa shape index (κ1) is 14.1. The Bertz CT molecular complexity index is 433. The third-order valence-electron chi connectivity index (χ3n) is 2.58. The maximum atomic E-state index is 11.9. The smallest absolute Gasteiger partial charge is 0.268 e. The Morgan fingerprint density at radius 3 is 2.53 bits per heavy atom. The van der Waals surface area contributed by atoms with Crippen LogP contribution in [0.15, 0.2) is 23.0 Å². The van der Waals surface area contributed by atoms with Crippen LogP contribution in [0.5, 0.6) is 0 Å². The van der Waals surface area contributed by atoms with Crippen LogP contribution in [0, 0.1) is 0 Å². The van der Waals surface area contributed by atoms with Crippen molar-refractivity contribution < 1.29 is 4.79 Å². The summed E-state index contributed by atoms with van der Waals surface area (Å²) in [5.41, 5.74) is -0.769. The van der Waals surface area contributed by atoms with E-state index in [0.717, 1.165) is 0 Å². The molecule has 0 aromatic carbocycles. The minimum Gasteiger partial charge on any atom is -0.343 e. The van der Waals surface area contributed by atoms with Gasteiger partial charge in [0.25, 0.3) is 5.91 Å². The second-order valence-electron chi connectivity index (χ2n) is 3.78. The molecule has 4 nitrogen and oxygen atoms in total. The Morgan fingerprint density at radius 1 is 1.41 bits per heavy atom. The molecule has 0 fully saturated rings. The highest BCUT2D eigenvalue weighted by molar-refractivity contribution is 6.22. The summed E-state index contributed by atoms with van der Waals surface area (Å²) in [5, 5.41) is 2.75. The highest BCUT2D eigenvalue weighted by Gasteiger charge is 2.28. The van der Waals surface area contributed by atoms with E-state index in [2.05, 4.69) is 10.3 Å². The van der Waals surface area contributed by atoms with Crippen LogP contribution in [-0.2, 0) is 0 Å². The van der Waals surface area contributed by atoms with E-state index >= 15 is 0 Å². The predicted molar refractivity (Wildman–Crippen MR) is 69.0 cm³/mol. The van der Waals surface area contributed by atoms with E-state index in [1.165, 1.54) is 18.2 Å². The molecule has 2 N–H and O–H groups in total. The van der Waals surface area contributed by atoms with Crippen molar-refractivity contribution in [3.05, 3.63) is 34.2 Å². The zero-order chi connectivity index (χ0) is 12.9. The topological polar surface area (TPSA) is 62.0 Å². The first-order valence-corrected chi connectivity index (χ1v) is 6.27. The molecule has 0 unspecified atom stereocenters. The van der Waals surface area contributed by atoms with Crippen molar-refractivity contribution in [1.29, 1.82) is 0 Å². The molecule has 1 rings (SSSR count). The van der Waals surface area contributed by atoms with Crippen molar-refractivity contribution >= 4 is 29.1 Å². The molecule has 0 radical (unpaired) electrons. The number of H-pyrrole nitrogens is 1. The quantitative estimate of drug-likeness (QED) is 0.805. The molecular weight excluding hydrogens is 263 g/mol. The maximum Gasteiger partial charge on any atom is 0.268 e. The lowest BCUT2D eigenvalue weighted by molar-refractivity contribution is 0.0908. The van der Waals surface area contributed by atoms with Crippen LogP contribution in [0.1, 0.15) is 23.8 Å². The fourth-order valence-electron chi connectivity index (χ4n) is 1.27. The van der Waals surface area contributed by atoms with Crippen molar-refractivity contribution in [3.63, 3.8) is 0 Å². The van der Waals surface area contributed by atoms with Crippen LogP contribution in [0.2, 0.25) is 0 Å². The third kappa shape index (κ3) is 3.48. The normalized spacial score (nSPS) is 11.2. The number of rotatable bonds is 5. The Kier molecular flexibility index (Phi) is 5.02. The number of amides is 1. The number of carbonyl (C=O) groups excluding carboxylic acids is 1. The molecule has 1 heterocycles. The lowest BCUT2D eigenvalue weighted by Gasteiger charge is -2.29. The minimum atomic E-state index is -0.646. The summed E-state index contributed by atoms with van der Waals surface area (Å²) in [5.74, 6) is 0.0527. The summed E-state index contributed by atoms with van der Waals surface area (Å²) < 4.78 is 0. The van der Waals surface area contributed by atoms with E-state index in [9.17, 15) is 9.59 Å². The van der Waals surface area contributed by atoms with E-state index in [0.29, 0.717) is 6.42 Å². The van der Waals surface area contributed by atoms with Gasteiger partial charge in [0.1, 0.15) is 5.69 Å². The molecule has 0 aliphatic heterocycles. The van der Waals surface area contributed by atoms with Gasteiger partial charge in [0.15, 0.2) is 0 Å². The summed E-state index contributed by atoms with van der Waals surface area (Å²) in [6, 6.07) is 4.38. The van der Waals surface area contributed by atoms with Gasteiger partial charge in [-0.25, -0.2) is 0 Å². The number of pyridine rings is 1. The van der Waals surface area contributed by atoms with Crippen LogP contribution in [-0.4, -0.2) is 28.2 Å². The summed E-state index contributed by atoms with van der Waals surface area (Å²) >= 11 is 11.6. The van der Waals surface area contributed by atoms with Gasteiger partial charge in [0.05, 0.1) is 5.54 Å². The van der Waals surface area contributed by atoms with E-state index in [1.807, 2.05) is 6.92 Å². The molecule has 0 atom stereocenters. The van der Waals surface area contributed by atoms with Gasteiger partial charge in [-0.05, 0) is 12.5 Å². The third-order valence-corrected chi connectivity index (χ3v) is 3.60. The zero-order valence-corrected chi connectivity index (χ0v) is 10.9. The molecule has 0 aliphatic rings. The molecule has 0 saturated carbocycles. The van der Waals surface area contributed by atoms with Crippen molar-refractivity contribution in [2.24, 2.45) is 0 Å². The molecule has 0 aliphatic carbocycles. The summed E-state index contributed by atoms with van der Waals surface area (Å²) in [6.45, 7) is 1.89. The molecule has 0 spiro atoms. The van der Waals surface area contributed by atoms with Crippen LogP contribution in [0.4, 0.5) is 0 Å². The number of halogens is 2. The summed E-state index contributed by atoms with van der Waals surface area (Å²) in [7, 11) is 0. The Hall–Kier alpha value is -1.00. The Balaban J connectivity index is 2.88. The monoisotopic (exact) mass is 276 g/mol. The molecule has 1 aromatic rings. The molecule has 17 heavy (non-hydrogen) atoms. The largest absolute Gasteiger partial charge is 0.343 e. The number of aromatic amines is 1. The number of carbonyl (C=O) groups is 1. The van der Waals surface area contributed by atoms with Crippen molar-refractivity contribution in [3.8, 4) is 0 Å². The van der Waals surface area contributed by atoms with E-state index < -0.39 is 5.54 Å². The lowest BCUT2D eigenvalue weighted by atomic mass is 10.0. The molecule has 6 heteroatoms. The zero-order valence-electron chi connectivity index (χ0n) is 9.43. The van der Waals surface area contributed by atoms with Gasteiger partial charge in [-0.15, -0.1) is 23.2 Å². The van der Waals surface area contributed by atoms with E-state index in [1.54, 1.807) is 0 Å². The number of alkyl halides is 2. The van der Waals surface area contributed by atoms with Crippen LogP contribution in [0.25, 0.3) is 0 Å². The highest BCUT2D eigenvalue weighted by atomic mass is 35.5. The number of hydrogen-bond donors (Lipinski definition) is 2. The molecule has 0 bridgehead atoms. The molecule has 94 valence electrons. The van der Waals surface area contributed by atoms with Gasteiger partial charge in [0.2, 0.25) is 5.56 Å². The van der Waals surface area contributed by atoms with Gasteiger partial charge < -0.3 is 10.3 Å². The van der Waals surface area contributed by atoms with Crippen molar-refractivity contribution in [2.45, 2.75) is 18.9 Å². The standard InChI is InChI=1S/C11H14Cl2N2O2/c1-2-11(6-12,7-13)15-10(17)8-4-3-5-9(16)14-8/h3-5H,2,6-7H2,1H3,(H,14,16)(H,15,17). The maximum absolute atomic E-state index is 11.9. The second kappa shape index (κ2) is 6.07. The van der Waals surface area contributed by atoms with Crippen LogP contribution >= 0.6 is 23.2 Å². The fourth-order valence-corrected chi connectivity index (χ4v) is 2.07. The van der Waals surface area contributed by atoms with Gasteiger partial charge in [0, 0.05) is 17.8 Å². The van der Waals surface area contributed by atoms with Gasteiger partial charge in [-0.1, -0.05) is 13.0 Å².